The molecule has 0 saturated carbocycles. The third-order valence-corrected chi connectivity index (χ3v) is 3.52. The van der Waals surface area contributed by atoms with Crippen molar-refractivity contribution in [1.82, 2.24) is 10.9 Å². The van der Waals surface area contributed by atoms with Crippen LogP contribution < -0.4 is 20.3 Å². The van der Waals surface area contributed by atoms with Crippen LogP contribution in [0, 0.1) is 13.8 Å². The summed E-state index contributed by atoms with van der Waals surface area (Å²) in [7, 11) is 1.47. The number of hydrogen-bond donors (Lipinski definition) is 2. The Bertz CT molecular complexity index is 744. The molecule has 0 radical (unpaired) electrons. The predicted molar refractivity (Wildman–Crippen MR) is 90.0 cm³/mol. The number of para-hydroxylation sites is 1. The zero-order valence-electron chi connectivity index (χ0n) is 13.9. The van der Waals surface area contributed by atoms with E-state index in [1.165, 1.54) is 7.11 Å². The molecule has 0 aromatic heterocycles. The van der Waals surface area contributed by atoms with Crippen molar-refractivity contribution in [2.75, 3.05) is 13.7 Å². The van der Waals surface area contributed by atoms with E-state index in [4.69, 9.17) is 9.47 Å². The minimum absolute atomic E-state index is 0.200. The maximum atomic E-state index is 12.0. The van der Waals surface area contributed by atoms with Gasteiger partial charge in [-0.2, -0.15) is 0 Å². The summed E-state index contributed by atoms with van der Waals surface area (Å²) in [5.74, 6) is 0.100. The van der Waals surface area contributed by atoms with Gasteiger partial charge in [-0.05, 0) is 49.2 Å². The highest BCUT2D eigenvalue weighted by atomic mass is 16.5. The number of benzene rings is 2. The van der Waals surface area contributed by atoms with Crippen LogP contribution in [0.5, 0.6) is 11.5 Å². The lowest BCUT2D eigenvalue weighted by Gasteiger charge is -2.11. The summed E-state index contributed by atoms with van der Waals surface area (Å²) in [6, 6.07) is 12.3. The van der Waals surface area contributed by atoms with E-state index in [9.17, 15) is 9.59 Å². The van der Waals surface area contributed by atoms with Crippen molar-refractivity contribution < 1.29 is 19.1 Å². The molecular formula is C18H20N2O4. The molecule has 2 aromatic rings. The highest BCUT2D eigenvalue weighted by Gasteiger charge is 2.12. The van der Waals surface area contributed by atoms with Crippen molar-refractivity contribution in [2.45, 2.75) is 13.8 Å². The molecule has 0 fully saturated rings. The Balaban J connectivity index is 1.84. The monoisotopic (exact) mass is 328 g/mol. The fourth-order valence-electron chi connectivity index (χ4n) is 2.01. The third-order valence-electron chi connectivity index (χ3n) is 3.52. The fraction of sp³-hybridized carbons (Fsp3) is 0.222. The van der Waals surface area contributed by atoms with Crippen molar-refractivity contribution in [3.8, 4) is 11.5 Å². The zero-order valence-corrected chi connectivity index (χ0v) is 13.9. The number of carbonyl (C=O) groups is 2. The van der Waals surface area contributed by atoms with Gasteiger partial charge in [-0.25, -0.2) is 0 Å². The normalized spacial score (nSPS) is 9.96. The molecule has 0 heterocycles. The summed E-state index contributed by atoms with van der Waals surface area (Å²) in [5.41, 5.74) is 7.20. The van der Waals surface area contributed by atoms with Crippen LogP contribution in [0.25, 0.3) is 0 Å². The van der Waals surface area contributed by atoms with Gasteiger partial charge in [0.05, 0.1) is 12.7 Å². The Morgan fingerprint density at radius 1 is 1.00 bits per heavy atom. The number of carbonyl (C=O) groups excluding carboxylic acids is 2. The molecule has 0 saturated heterocycles. The van der Waals surface area contributed by atoms with Crippen molar-refractivity contribution in [3.63, 3.8) is 0 Å². The van der Waals surface area contributed by atoms with Gasteiger partial charge in [-0.1, -0.05) is 18.2 Å². The van der Waals surface area contributed by atoms with E-state index in [2.05, 4.69) is 10.9 Å². The largest absolute Gasteiger partial charge is 0.496 e. The first-order chi connectivity index (χ1) is 11.5. The van der Waals surface area contributed by atoms with E-state index < -0.39 is 11.8 Å². The molecule has 2 aromatic carbocycles. The number of hydrazine groups is 1. The van der Waals surface area contributed by atoms with Crippen molar-refractivity contribution in [1.29, 1.82) is 0 Å². The topological polar surface area (TPSA) is 76.7 Å². The first-order valence-corrected chi connectivity index (χ1v) is 7.43. The van der Waals surface area contributed by atoms with Gasteiger partial charge >= 0.3 is 0 Å². The van der Waals surface area contributed by atoms with Crippen LogP contribution in [-0.4, -0.2) is 25.5 Å². The van der Waals surface area contributed by atoms with Crippen LogP contribution in [0.15, 0.2) is 42.5 Å². The lowest BCUT2D eigenvalue weighted by atomic mass is 10.1. The fourth-order valence-corrected chi connectivity index (χ4v) is 2.01. The van der Waals surface area contributed by atoms with Crippen molar-refractivity contribution in [3.05, 3.63) is 59.2 Å². The Hall–Kier alpha value is -3.02. The molecule has 0 aliphatic rings. The molecule has 0 aliphatic heterocycles. The van der Waals surface area contributed by atoms with Gasteiger partial charge in [-0.3, -0.25) is 20.4 Å². The molecule has 0 atom stereocenters. The highest BCUT2D eigenvalue weighted by molar-refractivity contribution is 5.97. The average molecular weight is 328 g/mol. The van der Waals surface area contributed by atoms with Crippen LogP contribution in [0.1, 0.15) is 21.5 Å². The first kappa shape index (κ1) is 17.3. The van der Waals surface area contributed by atoms with Crippen LogP contribution in [-0.2, 0) is 4.79 Å². The molecular weight excluding hydrogens is 308 g/mol. The van der Waals surface area contributed by atoms with Gasteiger partial charge in [0.15, 0.2) is 6.61 Å². The first-order valence-electron chi connectivity index (χ1n) is 7.43. The molecule has 2 rings (SSSR count). The van der Waals surface area contributed by atoms with E-state index in [0.717, 1.165) is 11.1 Å². The molecule has 0 unspecified atom stereocenters. The zero-order chi connectivity index (χ0) is 17.5. The summed E-state index contributed by atoms with van der Waals surface area (Å²) < 4.78 is 10.5. The molecule has 0 aliphatic carbocycles. The SMILES string of the molecule is COc1ccccc1C(=O)NNC(=O)COc1ccc(C)c(C)c1. The smallest absolute Gasteiger partial charge is 0.276 e. The Labute approximate surface area is 140 Å². The Morgan fingerprint density at radius 3 is 2.46 bits per heavy atom. The molecule has 2 N–H and O–H groups in total. The minimum Gasteiger partial charge on any atom is -0.496 e. The molecule has 126 valence electrons. The van der Waals surface area contributed by atoms with Crippen LogP contribution in [0.2, 0.25) is 0 Å². The number of rotatable bonds is 5. The Morgan fingerprint density at radius 2 is 1.75 bits per heavy atom. The van der Waals surface area contributed by atoms with Crippen LogP contribution >= 0.6 is 0 Å². The van der Waals surface area contributed by atoms with Gasteiger partial charge < -0.3 is 9.47 Å². The highest BCUT2D eigenvalue weighted by Crippen LogP contribution is 2.17. The minimum atomic E-state index is -0.466. The van der Waals surface area contributed by atoms with E-state index >= 15 is 0 Å². The molecule has 0 bridgehead atoms. The van der Waals surface area contributed by atoms with Gasteiger partial charge in [0.25, 0.3) is 11.8 Å². The van der Waals surface area contributed by atoms with Crippen molar-refractivity contribution in [2.24, 2.45) is 0 Å². The van der Waals surface area contributed by atoms with E-state index in [1.54, 1.807) is 30.3 Å². The third kappa shape index (κ3) is 4.49. The molecule has 2 amide bonds. The number of methoxy groups -OCH3 is 1. The van der Waals surface area contributed by atoms with Gasteiger partial charge in [-0.15, -0.1) is 0 Å². The van der Waals surface area contributed by atoms with Crippen LogP contribution in [0.4, 0.5) is 0 Å². The van der Waals surface area contributed by atoms with Crippen LogP contribution in [0.3, 0.4) is 0 Å². The number of aryl methyl sites for hydroxylation is 2. The number of ether oxygens (including phenoxy) is 2. The molecule has 24 heavy (non-hydrogen) atoms. The molecule has 6 nitrogen and oxygen atoms in total. The Kier molecular flexibility index (Phi) is 5.78. The predicted octanol–water partition coefficient (Wildman–Crippen LogP) is 2.15. The van der Waals surface area contributed by atoms with Gasteiger partial charge in [0.1, 0.15) is 11.5 Å². The number of hydrogen-bond acceptors (Lipinski definition) is 4. The van der Waals surface area contributed by atoms with Crippen molar-refractivity contribution >= 4 is 11.8 Å². The molecule has 0 spiro atoms. The molecule has 6 heteroatoms. The maximum Gasteiger partial charge on any atom is 0.276 e. The number of amides is 2. The summed E-state index contributed by atoms with van der Waals surface area (Å²) in [5, 5.41) is 0. The summed E-state index contributed by atoms with van der Waals surface area (Å²) >= 11 is 0. The van der Waals surface area contributed by atoms with E-state index in [0.29, 0.717) is 17.1 Å². The van der Waals surface area contributed by atoms with E-state index in [1.807, 2.05) is 26.0 Å². The number of nitrogens with one attached hydrogen (secondary N) is 2. The van der Waals surface area contributed by atoms with E-state index in [-0.39, 0.29) is 6.61 Å². The maximum absolute atomic E-state index is 12.0. The van der Waals surface area contributed by atoms with Gasteiger partial charge in [0.2, 0.25) is 0 Å². The lowest BCUT2D eigenvalue weighted by molar-refractivity contribution is -0.123. The second-order valence-electron chi connectivity index (χ2n) is 5.24. The standard InChI is InChI=1S/C18H20N2O4/c1-12-8-9-14(10-13(12)2)24-11-17(21)19-20-18(22)15-6-4-5-7-16(15)23-3/h4-10H,11H2,1-3H3,(H,19,21)(H,20,22). The average Bonchev–Trinajstić information content (AvgIpc) is 2.60. The second kappa shape index (κ2) is 8.01. The quantitative estimate of drug-likeness (QED) is 0.825. The summed E-state index contributed by atoms with van der Waals surface area (Å²) in [6.07, 6.45) is 0. The second-order valence-corrected chi connectivity index (χ2v) is 5.24. The lowest BCUT2D eigenvalue weighted by Crippen LogP contribution is -2.43. The summed E-state index contributed by atoms with van der Waals surface area (Å²) in [6.45, 7) is 3.77. The summed E-state index contributed by atoms with van der Waals surface area (Å²) in [4.78, 5) is 23.8. The van der Waals surface area contributed by atoms with Gasteiger partial charge in [0, 0.05) is 0 Å².